The van der Waals surface area contributed by atoms with Crippen LogP contribution in [0, 0.1) is 0 Å². The number of anilines is 1. The molecule has 2 aromatic carbocycles. The number of hydrogen-bond acceptors (Lipinski definition) is 3. The fourth-order valence-corrected chi connectivity index (χ4v) is 2.96. The molecule has 0 unspecified atom stereocenters. The predicted molar refractivity (Wildman–Crippen MR) is 120 cm³/mol. The third-order valence-electron chi connectivity index (χ3n) is 3.27. The number of methoxy groups -OCH3 is 1. The van der Waals surface area contributed by atoms with Gasteiger partial charge in [0.05, 0.1) is 12.8 Å². The molecule has 0 spiro atoms. The molecule has 5 nitrogen and oxygen atoms in total. The Morgan fingerprint density at radius 3 is 2.27 bits per heavy atom. The molecule has 138 valence electrons. The van der Waals surface area contributed by atoms with E-state index in [1.54, 1.807) is 31.4 Å². The van der Waals surface area contributed by atoms with Gasteiger partial charge in [-0.2, -0.15) is 0 Å². The monoisotopic (exact) mass is 563 g/mol. The van der Waals surface area contributed by atoms with Crippen LogP contribution in [-0.2, 0) is 0 Å². The Morgan fingerprint density at radius 2 is 1.65 bits per heavy atom. The molecule has 1 amide bonds. The molecule has 3 N–H and O–H groups in total. The average molecular weight is 566 g/mol. The van der Waals surface area contributed by atoms with E-state index in [0.29, 0.717) is 22.1 Å². The van der Waals surface area contributed by atoms with Crippen LogP contribution in [0.2, 0.25) is 0 Å². The van der Waals surface area contributed by atoms with Crippen molar-refractivity contribution in [3.8, 4) is 5.75 Å². The Morgan fingerprint density at radius 1 is 1.04 bits per heavy atom. The van der Waals surface area contributed by atoms with Crippen molar-refractivity contribution >= 4 is 76.7 Å². The fourth-order valence-electron chi connectivity index (χ4n) is 2.04. The summed E-state index contributed by atoms with van der Waals surface area (Å²) in [7, 11) is 1.58. The summed E-state index contributed by atoms with van der Waals surface area (Å²) in [6.45, 7) is 0. The molecule has 0 aromatic heterocycles. The standard InChI is InChI=1S/C17H16Br3N3O2S/c1-25-13-10-6-5-9-12(13)21-16(26)23-15(17(18,19)20)22-14(24)11-7-3-2-4-8-11/h2-10,15H,1H3,(H,22,24)(H2,21,23,26)/t15-/m0/s1. The number of halogens is 3. The third-order valence-corrected chi connectivity index (χ3v) is 4.86. The number of thiocarbonyl (C=S) groups is 1. The van der Waals surface area contributed by atoms with Crippen molar-refractivity contribution in [3.05, 3.63) is 60.2 Å². The van der Waals surface area contributed by atoms with Gasteiger partial charge >= 0.3 is 0 Å². The van der Waals surface area contributed by atoms with Crippen molar-refractivity contribution in [2.75, 3.05) is 12.4 Å². The van der Waals surface area contributed by atoms with Gasteiger partial charge in [-0.3, -0.25) is 4.79 Å². The second-order valence-corrected chi connectivity index (χ2v) is 12.5. The summed E-state index contributed by atoms with van der Waals surface area (Å²) in [5.41, 5.74) is 1.25. The number of para-hydroxylation sites is 2. The maximum atomic E-state index is 12.4. The molecule has 0 saturated carbocycles. The molecule has 2 rings (SSSR count). The first-order valence-corrected chi connectivity index (χ1v) is 10.2. The number of carbonyl (C=O) groups is 1. The maximum Gasteiger partial charge on any atom is 0.252 e. The van der Waals surface area contributed by atoms with Crippen molar-refractivity contribution in [2.24, 2.45) is 0 Å². The van der Waals surface area contributed by atoms with E-state index in [1.165, 1.54) is 0 Å². The van der Waals surface area contributed by atoms with Crippen molar-refractivity contribution in [1.29, 1.82) is 0 Å². The smallest absolute Gasteiger partial charge is 0.252 e. The summed E-state index contributed by atoms with van der Waals surface area (Å²) in [4.78, 5) is 12.4. The molecule has 0 fully saturated rings. The minimum absolute atomic E-state index is 0.245. The summed E-state index contributed by atoms with van der Waals surface area (Å²) < 4.78 is 4.48. The number of carbonyl (C=O) groups excluding carboxylic acids is 1. The van der Waals surface area contributed by atoms with E-state index in [-0.39, 0.29) is 5.91 Å². The number of alkyl halides is 3. The zero-order valence-electron chi connectivity index (χ0n) is 13.6. The summed E-state index contributed by atoms with van der Waals surface area (Å²) in [5.74, 6) is 0.412. The highest BCUT2D eigenvalue weighted by molar-refractivity contribution is 9.39. The lowest BCUT2D eigenvalue weighted by atomic mass is 10.2. The van der Waals surface area contributed by atoms with Crippen LogP contribution in [0.1, 0.15) is 10.4 Å². The highest BCUT2D eigenvalue weighted by Gasteiger charge is 2.33. The predicted octanol–water partition coefficient (Wildman–Crippen LogP) is 4.58. The van der Waals surface area contributed by atoms with Crippen LogP contribution in [0.3, 0.4) is 0 Å². The normalized spacial score (nSPS) is 12.0. The lowest BCUT2D eigenvalue weighted by Gasteiger charge is -2.29. The van der Waals surface area contributed by atoms with E-state index in [1.807, 2.05) is 30.3 Å². The minimum atomic E-state index is -0.816. The van der Waals surface area contributed by atoms with Crippen LogP contribution in [-0.4, -0.2) is 26.4 Å². The van der Waals surface area contributed by atoms with Crippen molar-refractivity contribution in [2.45, 2.75) is 8.31 Å². The van der Waals surface area contributed by atoms with Crippen molar-refractivity contribution < 1.29 is 9.53 Å². The Hall–Kier alpha value is -1.16. The van der Waals surface area contributed by atoms with E-state index in [0.717, 1.165) is 0 Å². The van der Waals surface area contributed by atoms with Crippen molar-refractivity contribution in [1.82, 2.24) is 10.6 Å². The van der Waals surface area contributed by atoms with E-state index in [9.17, 15) is 4.79 Å². The molecule has 2 aromatic rings. The SMILES string of the molecule is COc1ccccc1NC(=S)N[C@H](NC(=O)c1ccccc1)C(Br)(Br)Br. The van der Waals surface area contributed by atoms with Gasteiger partial charge in [0.15, 0.2) is 7.26 Å². The van der Waals surface area contributed by atoms with Crippen LogP contribution < -0.4 is 20.7 Å². The Kier molecular flexibility index (Phi) is 7.87. The number of benzene rings is 2. The minimum Gasteiger partial charge on any atom is -0.495 e. The number of amides is 1. The van der Waals surface area contributed by atoms with E-state index >= 15 is 0 Å². The van der Waals surface area contributed by atoms with Crippen molar-refractivity contribution in [3.63, 3.8) is 0 Å². The van der Waals surface area contributed by atoms with Gasteiger partial charge in [0.1, 0.15) is 11.9 Å². The molecule has 0 aliphatic carbocycles. The molecule has 9 heteroatoms. The Bertz CT molecular complexity index is 769. The molecule has 0 aliphatic rings. The number of nitrogens with one attached hydrogen (secondary N) is 3. The molecule has 26 heavy (non-hydrogen) atoms. The first kappa shape index (κ1) is 21.1. The zero-order chi connectivity index (χ0) is 19.2. The molecule has 0 saturated heterocycles. The lowest BCUT2D eigenvalue weighted by molar-refractivity contribution is 0.0936. The average Bonchev–Trinajstić information content (AvgIpc) is 2.61. The topological polar surface area (TPSA) is 62.4 Å². The molecular formula is C17H16Br3N3O2S. The van der Waals surface area contributed by atoms with Crippen LogP contribution in [0.5, 0.6) is 5.75 Å². The van der Waals surface area contributed by atoms with Gasteiger partial charge in [0, 0.05) is 5.56 Å². The van der Waals surface area contributed by atoms with E-state index in [4.69, 9.17) is 17.0 Å². The van der Waals surface area contributed by atoms with Gasteiger partial charge < -0.3 is 20.7 Å². The third kappa shape index (κ3) is 6.22. The Labute approximate surface area is 182 Å². The quantitative estimate of drug-likeness (QED) is 0.282. The molecular weight excluding hydrogens is 550 g/mol. The Balaban J connectivity index is 2.08. The van der Waals surface area contributed by atoms with E-state index < -0.39 is 8.31 Å². The summed E-state index contributed by atoms with van der Waals surface area (Å²) in [6, 6.07) is 16.3. The highest BCUT2D eigenvalue weighted by Crippen LogP contribution is 2.36. The summed E-state index contributed by atoms with van der Waals surface area (Å²) in [5, 5.41) is 9.29. The van der Waals surface area contributed by atoms with Gasteiger partial charge in [0.25, 0.3) is 5.91 Å². The number of ether oxygens (including phenoxy) is 1. The van der Waals surface area contributed by atoms with Crippen LogP contribution in [0.25, 0.3) is 0 Å². The second-order valence-electron chi connectivity index (χ2n) is 5.11. The van der Waals surface area contributed by atoms with Gasteiger partial charge in [-0.25, -0.2) is 0 Å². The van der Waals surface area contributed by atoms with Gasteiger partial charge in [-0.15, -0.1) is 0 Å². The van der Waals surface area contributed by atoms with Gasteiger partial charge in [-0.05, 0) is 36.5 Å². The number of hydrogen-bond donors (Lipinski definition) is 3. The summed E-state index contributed by atoms with van der Waals surface area (Å²) >= 11 is 15.7. The first-order chi connectivity index (χ1) is 12.3. The number of rotatable bonds is 5. The molecule has 0 heterocycles. The summed E-state index contributed by atoms with van der Waals surface area (Å²) in [6.07, 6.45) is -0.607. The zero-order valence-corrected chi connectivity index (χ0v) is 19.2. The van der Waals surface area contributed by atoms with Crippen LogP contribution in [0.15, 0.2) is 54.6 Å². The first-order valence-electron chi connectivity index (χ1n) is 7.44. The molecule has 0 bridgehead atoms. The van der Waals surface area contributed by atoms with E-state index in [2.05, 4.69) is 63.7 Å². The van der Waals surface area contributed by atoms with Gasteiger partial charge in [-0.1, -0.05) is 78.1 Å². The van der Waals surface area contributed by atoms with Gasteiger partial charge in [0.2, 0.25) is 0 Å². The largest absolute Gasteiger partial charge is 0.495 e. The highest BCUT2D eigenvalue weighted by atomic mass is 80.0. The second kappa shape index (κ2) is 9.68. The molecule has 0 aliphatic heterocycles. The lowest BCUT2D eigenvalue weighted by Crippen LogP contribution is -2.55. The molecule has 1 atom stereocenters. The van der Waals surface area contributed by atoms with Crippen LogP contribution >= 0.6 is 60.0 Å². The fraction of sp³-hybridized carbons (Fsp3) is 0.176. The maximum absolute atomic E-state index is 12.4. The molecule has 0 radical (unpaired) electrons. The van der Waals surface area contributed by atoms with Crippen LogP contribution in [0.4, 0.5) is 5.69 Å².